The molecule has 0 saturated heterocycles. The molecule has 0 radical (unpaired) electrons. The molecule has 1 saturated carbocycles. The van der Waals surface area contributed by atoms with Gasteiger partial charge in [0.15, 0.2) is 11.5 Å². The van der Waals surface area contributed by atoms with Gasteiger partial charge in [-0.05, 0) is 49.7 Å². The molecule has 2 aliphatic rings. The first-order chi connectivity index (χ1) is 14.6. The van der Waals surface area contributed by atoms with E-state index in [0.29, 0.717) is 17.8 Å². The Morgan fingerprint density at radius 2 is 1.83 bits per heavy atom. The van der Waals surface area contributed by atoms with Crippen LogP contribution < -0.4 is 20.1 Å². The van der Waals surface area contributed by atoms with Gasteiger partial charge in [0.25, 0.3) is 5.91 Å². The van der Waals surface area contributed by atoms with E-state index < -0.39 is 0 Å². The lowest BCUT2D eigenvalue weighted by atomic mass is 10.1. The van der Waals surface area contributed by atoms with Crippen LogP contribution in [-0.2, 0) is 11.3 Å². The van der Waals surface area contributed by atoms with Crippen LogP contribution >= 0.6 is 0 Å². The number of carbonyl (C=O) groups excluding carboxylic acids is 2. The summed E-state index contributed by atoms with van der Waals surface area (Å²) in [6.07, 6.45) is 4.34. The summed E-state index contributed by atoms with van der Waals surface area (Å²) in [5, 5.41) is 5.97. The molecular formula is C23H27N3O4. The van der Waals surface area contributed by atoms with Crippen molar-refractivity contribution in [2.75, 3.05) is 25.7 Å². The van der Waals surface area contributed by atoms with Crippen molar-refractivity contribution in [2.45, 2.75) is 38.3 Å². The third-order valence-corrected chi connectivity index (χ3v) is 5.44. The Morgan fingerprint density at radius 1 is 1.07 bits per heavy atom. The maximum Gasteiger partial charge on any atom is 0.253 e. The maximum atomic E-state index is 12.7. The standard InChI is InChI=1S/C23H27N3O4/c1-26(13-16-10-11-20-21(12-16)30-15-29-20)14-22(27)25-19-9-5-4-8-18(19)23(28)24-17-6-2-3-7-17/h4-5,8-12,17H,2-3,6-7,13-15H2,1H3,(H,24,28)(H,25,27). The summed E-state index contributed by atoms with van der Waals surface area (Å²) < 4.78 is 10.7. The molecule has 0 unspecified atom stereocenters. The predicted molar refractivity (Wildman–Crippen MR) is 114 cm³/mol. The molecule has 2 aromatic rings. The monoisotopic (exact) mass is 409 g/mol. The highest BCUT2D eigenvalue weighted by Crippen LogP contribution is 2.32. The van der Waals surface area contributed by atoms with Gasteiger partial charge in [-0.15, -0.1) is 0 Å². The molecule has 1 aliphatic carbocycles. The number of ether oxygens (including phenoxy) is 2. The van der Waals surface area contributed by atoms with Gasteiger partial charge in [-0.25, -0.2) is 0 Å². The number of amides is 2. The number of likely N-dealkylation sites (N-methyl/N-ethyl adjacent to an activating group) is 1. The van der Waals surface area contributed by atoms with Crippen molar-refractivity contribution in [2.24, 2.45) is 0 Å². The number of anilines is 1. The van der Waals surface area contributed by atoms with E-state index in [9.17, 15) is 9.59 Å². The molecule has 2 N–H and O–H groups in total. The van der Waals surface area contributed by atoms with Crippen molar-refractivity contribution in [3.05, 3.63) is 53.6 Å². The summed E-state index contributed by atoms with van der Waals surface area (Å²) in [6.45, 7) is 1.03. The lowest BCUT2D eigenvalue weighted by Gasteiger charge is -2.18. The number of nitrogens with zero attached hydrogens (tertiary/aromatic N) is 1. The number of nitrogens with one attached hydrogen (secondary N) is 2. The fraction of sp³-hybridized carbons (Fsp3) is 0.391. The van der Waals surface area contributed by atoms with Gasteiger partial charge in [-0.2, -0.15) is 0 Å². The minimum absolute atomic E-state index is 0.133. The topological polar surface area (TPSA) is 79.9 Å². The Kier molecular flexibility index (Phi) is 6.18. The summed E-state index contributed by atoms with van der Waals surface area (Å²) in [6, 6.07) is 13.1. The number of benzene rings is 2. The molecule has 0 bridgehead atoms. The molecule has 30 heavy (non-hydrogen) atoms. The smallest absolute Gasteiger partial charge is 0.253 e. The van der Waals surface area contributed by atoms with Crippen molar-refractivity contribution < 1.29 is 19.1 Å². The van der Waals surface area contributed by atoms with E-state index >= 15 is 0 Å². The molecule has 7 nitrogen and oxygen atoms in total. The number of carbonyl (C=O) groups is 2. The molecule has 158 valence electrons. The Balaban J connectivity index is 1.34. The predicted octanol–water partition coefficient (Wildman–Crippen LogP) is 3.16. The third-order valence-electron chi connectivity index (χ3n) is 5.44. The Labute approximate surface area is 176 Å². The van der Waals surface area contributed by atoms with Crippen LogP contribution in [-0.4, -0.2) is 43.1 Å². The minimum Gasteiger partial charge on any atom is -0.454 e. The van der Waals surface area contributed by atoms with Crippen molar-refractivity contribution >= 4 is 17.5 Å². The third kappa shape index (κ3) is 4.91. The lowest BCUT2D eigenvalue weighted by Crippen LogP contribution is -2.34. The number of hydrogen-bond donors (Lipinski definition) is 2. The molecule has 1 aliphatic heterocycles. The second kappa shape index (κ2) is 9.17. The first-order valence-corrected chi connectivity index (χ1v) is 10.4. The highest BCUT2D eigenvalue weighted by Gasteiger charge is 2.20. The second-order valence-electron chi connectivity index (χ2n) is 7.91. The minimum atomic E-state index is -0.167. The van der Waals surface area contributed by atoms with Crippen LogP contribution in [0.15, 0.2) is 42.5 Å². The highest BCUT2D eigenvalue weighted by atomic mass is 16.7. The second-order valence-corrected chi connectivity index (χ2v) is 7.91. The van der Waals surface area contributed by atoms with Gasteiger partial charge >= 0.3 is 0 Å². The van der Waals surface area contributed by atoms with Gasteiger partial charge in [-0.1, -0.05) is 31.0 Å². The molecule has 7 heteroatoms. The van der Waals surface area contributed by atoms with Crippen LogP contribution in [0, 0.1) is 0 Å². The molecule has 1 heterocycles. The fourth-order valence-electron chi connectivity index (χ4n) is 3.97. The van der Waals surface area contributed by atoms with Crippen molar-refractivity contribution in [3.63, 3.8) is 0 Å². The lowest BCUT2D eigenvalue weighted by molar-refractivity contribution is -0.117. The largest absolute Gasteiger partial charge is 0.454 e. The van der Waals surface area contributed by atoms with Gasteiger partial charge in [0.2, 0.25) is 12.7 Å². The average Bonchev–Trinajstić information content (AvgIpc) is 3.39. The van der Waals surface area contributed by atoms with Crippen LogP contribution in [0.1, 0.15) is 41.6 Å². The Bertz CT molecular complexity index is 924. The van der Waals surface area contributed by atoms with E-state index in [4.69, 9.17) is 9.47 Å². The fourth-order valence-corrected chi connectivity index (χ4v) is 3.97. The van der Waals surface area contributed by atoms with Gasteiger partial charge in [-0.3, -0.25) is 14.5 Å². The zero-order chi connectivity index (χ0) is 20.9. The first kappa shape index (κ1) is 20.2. The van der Waals surface area contributed by atoms with Crippen LogP contribution in [0.5, 0.6) is 11.5 Å². The maximum absolute atomic E-state index is 12.7. The summed E-state index contributed by atoms with van der Waals surface area (Å²) in [7, 11) is 1.88. The average molecular weight is 409 g/mol. The van der Waals surface area contributed by atoms with Gasteiger partial charge in [0.1, 0.15) is 0 Å². The number of para-hydroxylation sites is 1. The Hall–Kier alpha value is -3.06. The number of fused-ring (bicyclic) bond motifs is 1. The molecule has 4 rings (SSSR count). The van der Waals surface area contributed by atoms with Crippen LogP contribution in [0.25, 0.3) is 0 Å². The molecule has 0 aromatic heterocycles. The number of rotatable bonds is 7. The van der Waals surface area contributed by atoms with E-state index in [0.717, 1.165) is 42.7 Å². The number of hydrogen-bond acceptors (Lipinski definition) is 5. The van der Waals surface area contributed by atoms with Crippen molar-refractivity contribution in [3.8, 4) is 11.5 Å². The molecular weight excluding hydrogens is 382 g/mol. The zero-order valence-electron chi connectivity index (χ0n) is 17.1. The van der Waals surface area contributed by atoms with Crippen LogP contribution in [0.3, 0.4) is 0 Å². The van der Waals surface area contributed by atoms with Gasteiger partial charge in [0.05, 0.1) is 17.8 Å². The van der Waals surface area contributed by atoms with Crippen molar-refractivity contribution in [1.82, 2.24) is 10.2 Å². The van der Waals surface area contributed by atoms with E-state index in [1.807, 2.05) is 42.3 Å². The molecule has 0 spiro atoms. The highest BCUT2D eigenvalue weighted by molar-refractivity contribution is 6.04. The molecule has 2 aromatic carbocycles. The van der Waals surface area contributed by atoms with Gasteiger partial charge in [0, 0.05) is 12.6 Å². The first-order valence-electron chi connectivity index (χ1n) is 10.4. The van der Waals surface area contributed by atoms with Crippen LogP contribution in [0.2, 0.25) is 0 Å². The van der Waals surface area contributed by atoms with E-state index in [1.165, 1.54) is 0 Å². The molecule has 0 atom stereocenters. The summed E-state index contributed by atoms with van der Waals surface area (Å²) >= 11 is 0. The molecule has 1 fully saturated rings. The molecule has 2 amide bonds. The van der Waals surface area contributed by atoms with E-state index in [2.05, 4.69) is 10.6 Å². The quantitative estimate of drug-likeness (QED) is 0.734. The van der Waals surface area contributed by atoms with Crippen LogP contribution in [0.4, 0.5) is 5.69 Å². The normalized spacial score (nSPS) is 15.4. The zero-order valence-corrected chi connectivity index (χ0v) is 17.1. The van der Waals surface area contributed by atoms with E-state index in [1.54, 1.807) is 12.1 Å². The SMILES string of the molecule is CN(CC(=O)Nc1ccccc1C(=O)NC1CCCC1)Cc1ccc2c(c1)OCO2. The van der Waals surface area contributed by atoms with Gasteiger partial charge < -0.3 is 20.1 Å². The van der Waals surface area contributed by atoms with E-state index in [-0.39, 0.29) is 31.2 Å². The summed E-state index contributed by atoms with van der Waals surface area (Å²) in [5.41, 5.74) is 2.07. The van der Waals surface area contributed by atoms with Crippen molar-refractivity contribution in [1.29, 1.82) is 0 Å². The summed E-state index contributed by atoms with van der Waals surface area (Å²) in [4.78, 5) is 27.2. The summed E-state index contributed by atoms with van der Waals surface area (Å²) in [5.74, 6) is 1.17. The Morgan fingerprint density at radius 3 is 2.67 bits per heavy atom.